The molecule has 0 saturated carbocycles. The van der Waals surface area contributed by atoms with Crippen LogP contribution in [0.1, 0.15) is 30.7 Å². The number of likely N-dealkylation sites (tertiary alicyclic amines) is 1. The van der Waals surface area contributed by atoms with E-state index in [-0.39, 0.29) is 5.92 Å². The van der Waals surface area contributed by atoms with Gasteiger partial charge in [0.2, 0.25) is 11.8 Å². The number of carbonyl (C=O) groups is 1. The Morgan fingerprint density at radius 1 is 1.04 bits per heavy atom. The predicted octanol–water partition coefficient (Wildman–Crippen LogP) is 4.15. The first-order valence-electron chi connectivity index (χ1n) is 9.95. The summed E-state index contributed by atoms with van der Waals surface area (Å²) in [6.07, 6.45) is 3.44. The Morgan fingerprint density at radius 3 is 2.57 bits per heavy atom. The summed E-state index contributed by atoms with van der Waals surface area (Å²) in [4.78, 5) is 14.9. The van der Waals surface area contributed by atoms with Crippen LogP contribution in [0.2, 0.25) is 0 Å². The SMILES string of the molecule is O=C(CCc1ccccc1)C1CCCN(Cc2nnc(-c3ccccc3)o2)C1. The van der Waals surface area contributed by atoms with Crippen molar-refractivity contribution in [3.05, 3.63) is 72.1 Å². The topological polar surface area (TPSA) is 59.2 Å². The summed E-state index contributed by atoms with van der Waals surface area (Å²) in [5.41, 5.74) is 2.15. The lowest BCUT2D eigenvalue weighted by Crippen LogP contribution is -2.38. The molecule has 3 aromatic rings. The van der Waals surface area contributed by atoms with Gasteiger partial charge in [-0.2, -0.15) is 0 Å². The number of Topliss-reactive ketones (excluding diaryl/α,β-unsaturated/α-hetero) is 1. The molecule has 1 aromatic heterocycles. The zero-order chi connectivity index (χ0) is 19.2. The summed E-state index contributed by atoms with van der Waals surface area (Å²) in [5, 5.41) is 8.35. The molecule has 1 unspecified atom stereocenters. The number of hydrogen-bond acceptors (Lipinski definition) is 5. The van der Waals surface area contributed by atoms with E-state index in [4.69, 9.17) is 4.42 Å². The highest BCUT2D eigenvalue weighted by atomic mass is 16.4. The van der Waals surface area contributed by atoms with Crippen LogP contribution < -0.4 is 0 Å². The van der Waals surface area contributed by atoms with Crippen molar-refractivity contribution in [3.8, 4) is 11.5 Å². The normalized spacial score (nSPS) is 17.5. The van der Waals surface area contributed by atoms with Crippen LogP contribution in [0.4, 0.5) is 0 Å². The van der Waals surface area contributed by atoms with Crippen molar-refractivity contribution in [3.63, 3.8) is 0 Å². The highest BCUT2D eigenvalue weighted by Gasteiger charge is 2.26. The van der Waals surface area contributed by atoms with Gasteiger partial charge >= 0.3 is 0 Å². The van der Waals surface area contributed by atoms with Crippen LogP contribution in [0.15, 0.2) is 65.1 Å². The van der Waals surface area contributed by atoms with E-state index >= 15 is 0 Å². The number of hydrogen-bond donors (Lipinski definition) is 0. The average molecular weight is 375 g/mol. The third-order valence-electron chi connectivity index (χ3n) is 5.31. The van der Waals surface area contributed by atoms with Gasteiger partial charge in [-0.15, -0.1) is 10.2 Å². The van der Waals surface area contributed by atoms with E-state index in [9.17, 15) is 4.79 Å². The predicted molar refractivity (Wildman–Crippen MR) is 108 cm³/mol. The molecule has 1 aliphatic rings. The summed E-state index contributed by atoms with van der Waals surface area (Å²) >= 11 is 0. The molecule has 1 aliphatic heterocycles. The van der Waals surface area contributed by atoms with Crippen LogP contribution in [0.3, 0.4) is 0 Å². The Labute approximate surface area is 165 Å². The molecule has 1 saturated heterocycles. The number of carbonyl (C=O) groups excluding carboxylic acids is 1. The summed E-state index contributed by atoms with van der Waals surface area (Å²) in [5.74, 6) is 1.62. The lowest BCUT2D eigenvalue weighted by Gasteiger charge is -2.30. The van der Waals surface area contributed by atoms with Crippen LogP contribution >= 0.6 is 0 Å². The second-order valence-corrected chi connectivity index (χ2v) is 7.39. The molecule has 144 valence electrons. The van der Waals surface area contributed by atoms with Crippen molar-refractivity contribution in [1.29, 1.82) is 0 Å². The van der Waals surface area contributed by atoms with Gasteiger partial charge in [-0.1, -0.05) is 48.5 Å². The number of benzene rings is 2. The van der Waals surface area contributed by atoms with Gasteiger partial charge in [0.1, 0.15) is 5.78 Å². The number of ketones is 1. The third kappa shape index (κ3) is 4.73. The zero-order valence-electron chi connectivity index (χ0n) is 16.0. The van der Waals surface area contributed by atoms with E-state index in [0.717, 1.165) is 37.9 Å². The second kappa shape index (κ2) is 8.93. The van der Waals surface area contributed by atoms with Gasteiger partial charge in [0, 0.05) is 24.4 Å². The molecule has 0 spiro atoms. The van der Waals surface area contributed by atoms with Crippen LogP contribution in [0.5, 0.6) is 0 Å². The van der Waals surface area contributed by atoms with Gasteiger partial charge in [-0.05, 0) is 43.5 Å². The Hall–Kier alpha value is -2.79. The lowest BCUT2D eigenvalue weighted by molar-refractivity contribution is -0.124. The lowest BCUT2D eigenvalue weighted by atomic mass is 9.90. The first-order chi connectivity index (χ1) is 13.8. The van der Waals surface area contributed by atoms with Gasteiger partial charge in [0.25, 0.3) is 0 Å². The van der Waals surface area contributed by atoms with Crippen LogP contribution in [0.25, 0.3) is 11.5 Å². The molecule has 4 rings (SSSR count). The van der Waals surface area contributed by atoms with Crippen molar-refractivity contribution in [1.82, 2.24) is 15.1 Å². The van der Waals surface area contributed by atoms with Crippen molar-refractivity contribution < 1.29 is 9.21 Å². The van der Waals surface area contributed by atoms with Crippen LogP contribution in [-0.2, 0) is 17.8 Å². The molecule has 2 aromatic carbocycles. The Bertz CT molecular complexity index is 892. The maximum absolute atomic E-state index is 12.7. The van der Waals surface area contributed by atoms with Gasteiger partial charge in [-0.25, -0.2) is 0 Å². The Kier molecular flexibility index (Phi) is 5.92. The fraction of sp³-hybridized carbons (Fsp3) is 0.348. The van der Waals surface area contributed by atoms with Crippen LogP contribution in [-0.4, -0.2) is 34.0 Å². The summed E-state index contributed by atoms with van der Waals surface area (Å²) in [7, 11) is 0. The minimum Gasteiger partial charge on any atom is -0.419 e. The monoisotopic (exact) mass is 375 g/mol. The minimum absolute atomic E-state index is 0.106. The van der Waals surface area contributed by atoms with Crippen molar-refractivity contribution in [2.45, 2.75) is 32.2 Å². The summed E-state index contributed by atoms with van der Waals surface area (Å²) in [6, 6.07) is 20.0. The molecule has 0 N–H and O–H groups in total. The van der Waals surface area contributed by atoms with Gasteiger partial charge in [-0.3, -0.25) is 9.69 Å². The quantitative estimate of drug-likeness (QED) is 0.621. The summed E-state index contributed by atoms with van der Waals surface area (Å²) < 4.78 is 5.82. The standard InChI is InChI=1S/C23H25N3O2/c27-21(14-13-18-8-3-1-4-9-18)20-12-7-15-26(16-20)17-22-24-25-23(28-22)19-10-5-2-6-11-19/h1-6,8-11,20H,7,12-17H2. The summed E-state index contributed by atoms with van der Waals surface area (Å²) in [6.45, 7) is 2.34. The smallest absolute Gasteiger partial charge is 0.247 e. The fourth-order valence-corrected chi connectivity index (χ4v) is 3.78. The van der Waals surface area contributed by atoms with Crippen molar-refractivity contribution >= 4 is 5.78 Å². The highest BCUT2D eigenvalue weighted by molar-refractivity contribution is 5.81. The molecular formula is C23H25N3O2. The highest BCUT2D eigenvalue weighted by Crippen LogP contribution is 2.22. The fourth-order valence-electron chi connectivity index (χ4n) is 3.78. The van der Waals surface area contributed by atoms with E-state index in [1.165, 1.54) is 5.56 Å². The Morgan fingerprint density at radius 2 is 1.79 bits per heavy atom. The molecule has 5 nitrogen and oxygen atoms in total. The van der Waals surface area contributed by atoms with Crippen molar-refractivity contribution in [2.24, 2.45) is 5.92 Å². The zero-order valence-corrected chi connectivity index (χ0v) is 16.0. The molecule has 1 fully saturated rings. The minimum atomic E-state index is 0.106. The van der Waals surface area contributed by atoms with E-state index < -0.39 is 0 Å². The maximum atomic E-state index is 12.7. The van der Waals surface area contributed by atoms with Gasteiger partial charge in [0.15, 0.2) is 0 Å². The van der Waals surface area contributed by atoms with E-state index in [0.29, 0.717) is 30.5 Å². The Balaban J connectivity index is 1.31. The third-order valence-corrected chi connectivity index (χ3v) is 5.31. The largest absolute Gasteiger partial charge is 0.419 e. The van der Waals surface area contributed by atoms with E-state index in [2.05, 4.69) is 27.2 Å². The first-order valence-corrected chi connectivity index (χ1v) is 9.95. The van der Waals surface area contributed by atoms with Crippen molar-refractivity contribution in [2.75, 3.05) is 13.1 Å². The molecule has 0 aliphatic carbocycles. The second-order valence-electron chi connectivity index (χ2n) is 7.39. The molecule has 0 bridgehead atoms. The maximum Gasteiger partial charge on any atom is 0.247 e. The number of aromatic nitrogens is 2. The van der Waals surface area contributed by atoms with Gasteiger partial charge < -0.3 is 4.42 Å². The van der Waals surface area contributed by atoms with Crippen LogP contribution in [0, 0.1) is 5.92 Å². The van der Waals surface area contributed by atoms with E-state index in [1.807, 2.05) is 48.5 Å². The first kappa shape index (κ1) is 18.6. The number of piperidine rings is 1. The van der Waals surface area contributed by atoms with Gasteiger partial charge in [0.05, 0.1) is 6.54 Å². The number of aryl methyl sites for hydroxylation is 1. The molecule has 0 amide bonds. The number of nitrogens with zero attached hydrogens (tertiary/aromatic N) is 3. The molecule has 1 atom stereocenters. The molecule has 2 heterocycles. The molecular weight excluding hydrogens is 350 g/mol. The molecule has 5 heteroatoms. The molecule has 28 heavy (non-hydrogen) atoms. The van der Waals surface area contributed by atoms with E-state index in [1.54, 1.807) is 0 Å². The number of rotatable bonds is 7. The molecule has 0 radical (unpaired) electrons. The average Bonchev–Trinajstić information content (AvgIpc) is 3.22.